The highest BCUT2D eigenvalue weighted by Gasteiger charge is 2.17. The van der Waals surface area contributed by atoms with Crippen LogP contribution in [0.1, 0.15) is 35.4 Å². The number of ether oxygens (including phenoxy) is 2. The first-order valence-electron chi connectivity index (χ1n) is 9.39. The van der Waals surface area contributed by atoms with E-state index >= 15 is 0 Å². The summed E-state index contributed by atoms with van der Waals surface area (Å²) in [5.74, 6) is -1.08. The molecule has 150 valence electrons. The molecule has 1 N–H and O–H groups in total. The second kappa shape index (κ2) is 9.57. The molecule has 1 saturated heterocycles. The van der Waals surface area contributed by atoms with Crippen molar-refractivity contribution in [3.63, 3.8) is 0 Å². The van der Waals surface area contributed by atoms with Crippen molar-refractivity contribution in [3.8, 4) is 5.69 Å². The fourth-order valence-electron chi connectivity index (χ4n) is 3.02. The van der Waals surface area contributed by atoms with Gasteiger partial charge in [-0.2, -0.15) is 5.10 Å². The number of halogens is 1. The lowest BCUT2D eigenvalue weighted by Crippen LogP contribution is -2.33. The third-order valence-electron chi connectivity index (χ3n) is 4.48. The fraction of sp³-hybridized carbons (Fsp3) is 0.450. The zero-order valence-corrected chi connectivity index (χ0v) is 15.8. The van der Waals surface area contributed by atoms with Crippen LogP contribution in [0.2, 0.25) is 0 Å². The van der Waals surface area contributed by atoms with E-state index in [0.29, 0.717) is 31.9 Å². The summed E-state index contributed by atoms with van der Waals surface area (Å²) in [5, 5.41) is 6.74. The minimum absolute atomic E-state index is 0.170. The van der Waals surface area contributed by atoms with E-state index in [2.05, 4.69) is 10.4 Å². The molecule has 2 heterocycles. The largest absolute Gasteiger partial charge is 0.379 e. The summed E-state index contributed by atoms with van der Waals surface area (Å²) in [4.78, 5) is 24.5. The van der Waals surface area contributed by atoms with Gasteiger partial charge in [-0.1, -0.05) is 12.1 Å². The van der Waals surface area contributed by atoms with Crippen molar-refractivity contribution in [3.05, 3.63) is 57.8 Å². The summed E-state index contributed by atoms with van der Waals surface area (Å²) < 4.78 is 26.3. The Bertz CT molecular complexity index is 878. The second-order valence-corrected chi connectivity index (χ2v) is 6.68. The van der Waals surface area contributed by atoms with E-state index < -0.39 is 17.2 Å². The molecule has 0 radical (unpaired) electrons. The second-order valence-electron chi connectivity index (χ2n) is 6.68. The molecule has 1 unspecified atom stereocenters. The number of hydrogen-bond donors (Lipinski definition) is 1. The Morgan fingerprint density at radius 1 is 1.43 bits per heavy atom. The first kappa shape index (κ1) is 20.2. The van der Waals surface area contributed by atoms with Gasteiger partial charge in [0.2, 0.25) is 5.43 Å². The van der Waals surface area contributed by atoms with E-state index in [1.807, 2.05) is 0 Å². The standard InChI is InChI=1S/C20H24FN3O4/c1-14-12-18(25)19(23-24(14)17-8-3-2-7-16(17)21)20(26)22-9-5-10-27-13-15-6-4-11-28-15/h2-3,7-8,12,15H,4-6,9-11,13H2,1H3,(H,22,26). The third-order valence-corrected chi connectivity index (χ3v) is 4.48. The molecular formula is C20H24FN3O4. The van der Waals surface area contributed by atoms with Crippen LogP contribution in [0, 0.1) is 12.7 Å². The van der Waals surface area contributed by atoms with Gasteiger partial charge in [0, 0.05) is 31.5 Å². The number of rotatable bonds is 8. The highest BCUT2D eigenvalue weighted by Crippen LogP contribution is 2.13. The SMILES string of the molecule is Cc1cc(=O)c(C(=O)NCCCOCC2CCCO2)nn1-c1ccccc1F. The number of amides is 1. The molecule has 0 bridgehead atoms. The molecule has 7 nitrogen and oxygen atoms in total. The van der Waals surface area contributed by atoms with Gasteiger partial charge in [-0.25, -0.2) is 9.07 Å². The third kappa shape index (κ3) is 5.02. The van der Waals surface area contributed by atoms with Crippen LogP contribution in [0.3, 0.4) is 0 Å². The molecule has 1 aliphatic rings. The molecule has 3 rings (SSSR count). The first-order valence-corrected chi connectivity index (χ1v) is 9.39. The number of para-hydroxylation sites is 1. The van der Waals surface area contributed by atoms with Crippen molar-refractivity contribution >= 4 is 5.91 Å². The number of hydrogen-bond acceptors (Lipinski definition) is 5. The Morgan fingerprint density at radius 3 is 3.00 bits per heavy atom. The zero-order chi connectivity index (χ0) is 19.9. The van der Waals surface area contributed by atoms with Gasteiger partial charge in [-0.15, -0.1) is 0 Å². The molecule has 1 amide bonds. The molecule has 1 aliphatic heterocycles. The van der Waals surface area contributed by atoms with Crippen molar-refractivity contribution in [2.24, 2.45) is 0 Å². The molecule has 8 heteroatoms. The molecule has 0 saturated carbocycles. The van der Waals surface area contributed by atoms with Crippen LogP contribution in [-0.4, -0.2) is 48.2 Å². The van der Waals surface area contributed by atoms with Crippen LogP contribution in [0.4, 0.5) is 4.39 Å². The minimum Gasteiger partial charge on any atom is -0.379 e. The van der Waals surface area contributed by atoms with Crippen molar-refractivity contribution < 1.29 is 18.7 Å². The Kier molecular flexibility index (Phi) is 6.89. The topological polar surface area (TPSA) is 82.5 Å². The van der Waals surface area contributed by atoms with Crippen LogP contribution >= 0.6 is 0 Å². The van der Waals surface area contributed by atoms with Crippen LogP contribution in [0.25, 0.3) is 5.69 Å². The molecule has 28 heavy (non-hydrogen) atoms. The normalized spacial score (nSPS) is 16.3. The van der Waals surface area contributed by atoms with E-state index in [4.69, 9.17) is 9.47 Å². The average molecular weight is 389 g/mol. The monoisotopic (exact) mass is 389 g/mol. The number of aryl methyl sites for hydroxylation is 1. The Labute approximate surface area is 162 Å². The number of aromatic nitrogens is 2. The average Bonchev–Trinajstić information content (AvgIpc) is 3.19. The maximum atomic E-state index is 14.1. The molecule has 0 spiro atoms. The highest BCUT2D eigenvalue weighted by molar-refractivity contribution is 5.92. The maximum absolute atomic E-state index is 14.1. The zero-order valence-electron chi connectivity index (χ0n) is 15.8. The minimum atomic E-state index is -0.589. The quantitative estimate of drug-likeness (QED) is 0.699. The van der Waals surface area contributed by atoms with Crippen molar-refractivity contribution in [2.75, 3.05) is 26.4 Å². The van der Waals surface area contributed by atoms with Crippen LogP contribution < -0.4 is 10.7 Å². The summed E-state index contributed by atoms with van der Waals surface area (Å²) >= 11 is 0. The van der Waals surface area contributed by atoms with E-state index in [0.717, 1.165) is 19.4 Å². The van der Waals surface area contributed by atoms with Gasteiger partial charge in [0.25, 0.3) is 5.91 Å². The predicted molar refractivity (Wildman–Crippen MR) is 101 cm³/mol. The van der Waals surface area contributed by atoms with Gasteiger partial charge in [-0.3, -0.25) is 9.59 Å². The Balaban J connectivity index is 1.56. The Hall–Kier alpha value is -2.58. The Morgan fingerprint density at radius 2 is 2.25 bits per heavy atom. The number of carbonyl (C=O) groups is 1. The lowest BCUT2D eigenvalue weighted by molar-refractivity contribution is 0.0166. The number of benzene rings is 1. The lowest BCUT2D eigenvalue weighted by atomic mass is 10.2. The number of nitrogens with zero attached hydrogens (tertiary/aromatic N) is 2. The maximum Gasteiger partial charge on any atom is 0.275 e. The molecule has 1 atom stereocenters. The number of nitrogens with one attached hydrogen (secondary N) is 1. The molecule has 1 fully saturated rings. The van der Waals surface area contributed by atoms with E-state index in [9.17, 15) is 14.0 Å². The summed E-state index contributed by atoms with van der Waals surface area (Å²) in [7, 11) is 0. The van der Waals surface area contributed by atoms with Gasteiger partial charge in [0.1, 0.15) is 11.5 Å². The van der Waals surface area contributed by atoms with Gasteiger partial charge in [0.05, 0.1) is 12.7 Å². The van der Waals surface area contributed by atoms with Crippen LogP contribution in [0.5, 0.6) is 0 Å². The summed E-state index contributed by atoms with van der Waals surface area (Å²) in [6, 6.07) is 7.33. The van der Waals surface area contributed by atoms with Crippen molar-refractivity contribution in [2.45, 2.75) is 32.3 Å². The smallest absolute Gasteiger partial charge is 0.275 e. The molecule has 1 aromatic heterocycles. The van der Waals surface area contributed by atoms with Crippen LogP contribution in [-0.2, 0) is 9.47 Å². The molecule has 2 aromatic rings. The first-order chi connectivity index (χ1) is 13.6. The number of carbonyl (C=O) groups excluding carboxylic acids is 1. The summed E-state index contributed by atoms with van der Waals surface area (Å²) in [6.45, 7) is 3.81. The van der Waals surface area contributed by atoms with Gasteiger partial charge >= 0.3 is 0 Å². The lowest BCUT2D eigenvalue weighted by Gasteiger charge is -2.12. The van der Waals surface area contributed by atoms with Crippen LogP contribution in [0.15, 0.2) is 35.1 Å². The molecular weight excluding hydrogens is 365 g/mol. The van der Waals surface area contributed by atoms with E-state index in [-0.39, 0.29) is 17.5 Å². The van der Waals surface area contributed by atoms with Crippen molar-refractivity contribution in [1.82, 2.24) is 15.1 Å². The van der Waals surface area contributed by atoms with Gasteiger partial charge < -0.3 is 14.8 Å². The van der Waals surface area contributed by atoms with E-state index in [1.54, 1.807) is 19.1 Å². The predicted octanol–water partition coefficient (Wildman–Crippen LogP) is 2.00. The molecule has 1 aromatic carbocycles. The van der Waals surface area contributed by atoms with Gasteiger partial charge in [0.15, 0.2) is 5.69 Å². The summed E-state index contributed by atoms with van der Waals surface area (Å²) in [5.41, 5.74) is -0.155. The highest BCUT2D eigenvalue weighted by atomic mass is 19.1. The van der Waals surface area contributed by atoms with Crippen molar-refractivity contribution in [1.29, 1.82) is 0 Å². The van der Waals surface area contributed by atoms with E-state index in [1.165, 1.54) is 22.9 Å². The molecule has 0 aliphatic carbocycles. The summed E-state index contributed by atoms with van der Waals surface area (Å²) in [6.07, 6.45) is 2.86. The van der Waals surface area contributed by atoms with Gasteiger partial charge in [-0.05, 0) is 38.3 Å². The fourth-order valence-corrected chi connectivity index (χ4v) is 3.02.